The molecule has 0 aliphatic carbocycles. The molecular weight excluding hydrogens is 359 g/mol. The Bertz CT molecular complexity index is 602. The predicted molar refractivity (Wildman–Crippen MR) is 73.0 cm³/mol. The third-order valence-electron chi connectivity index (χ3n) is 2.13. The van der Waals surface area contributed by atoms with E-state index in [1.54, 1.807) is 29.5 Å². The SMILES string of the molecule is CCCS(=O)(=O)CCn1cc(I)c(=O)[nH]c1=O. The van der Waals surface area contributed by atoms with Gasteiger partial charge in [0.1, 0.15) is 0 Å². The number of nitrogens with one attached hydrogen (secondary N) is 1. The summed E-state index contributed by atoms with van der Waals surface area (Å²) in [4.78, 5) is 24.6. The van der Waals surface area contributed by atoms with Gasteiger partial charge in [0.15, 0.2) is 9.84 Å². The molecule has 1 heterocycles. The van der Waals surface area contributed by atoms with Crippen LogP contribution in [0, 0.1) is 3.57 Å². The molecule has 0 spiro atoms. The fraction of sp³-hybridized carbons (Fsp3) is 0.556. The van der Waals surface area contributed by atoms with Crippen LogP contribution in [0.5, 0.6) is 0 Å². The quantitative estimate of drug-likeness (QED) is 0.735. The minimum Gasteiger partial charge on any atom is -0.299 e. The van der Waals surface area contributed by atoms with Crippen molar-refractivity contribution in [2.75, 3.05) is 11.5 Å². The Morgan fingerprint density at radius 1 is 1.35 bits per heavy atom. The molecule has 0 aliphatic rings. The van der Waals surface area contributed by atoms with Crippen molar-refractivity contribution in [1.29, 1.82) is 0 Å². The molecule has 0 fully saturated rings. The van der Waals surface area contributed by atoms with E-state index in [0.717, 1.165) is 0 Å². The van der Waals surface area contributed by atoms with Gasteiger partial charge < -0.3 is 0 Å². The van der Waals surface area contributed by atoms with Crippen LogP contribution < -0.4 is 11.2 Å². The highest BCUT2D eigenvalue weighted by Gasteiger charge is 2.10. The first-order valence-electron chi connectivity index (χ1n) is 5.05. The van der Waals surface area contributed by atoms with Gasteiger partial charge in [-0.05, 0) is 29.0 Å². The molecule has 0 unspecified atom stereocenters. The summed E-state index contributed by atoms with van der Waals surface area (Å²) in [6.45, 7) is 1.85. The van der Waals surface area contributed by atoms with E-state index < -0.39 is 21.1 Å². The second-order valence-corrected chi connectivity index (χ2v) is 7.05. The maximum atomic E-state index is 11.5. The number of aromatic amines is 1. The van der Waals surface area contributed by atoms with Gasteiger partial charge in [0.05, 0.1) is 9.32 Å². The molecule has 6 nitrogen and oxygen atoms in total. The number of hydrogen-bond donors (Lipinski definition) is 1. The Morgan fingerprint density at radius 3 is 2.59 bits per heavy atom. The summed E-state index contributed by atoms with van der Waals surface area (Å²) in [5, 5.41) is 0. The average molecular weight is 372 g/mol. The Morgan fingerprint density at radius 2 is 2.00 bits per heavy atom. The maximum Gasteiger partial charge on any atom is 0.328 e. The lowest BCUT2D eigenvalue weighted by molar-refractivity contribution is 0.584. The molecule has 96 valence electrons. The molecule has 0 amide bonds. The van der Waals surface area contributed by atoms with Gasteiger partial charge in [-0.3, -0.25) is 14.3 Å². The molecule has 0 saturated heterocycles. The van der Waals surface area contributed by atoms with Gasteiger partial charge in [0.2, 0.25) is 0 Å². The Balaban J connectivity index is 2.88. The van der Waals surface area contributed by atoms with Crippen molar-refractivity contribution in [3.8, 4) is 0 Å². The molecule has 1 rings (SSSR count). The van der Waals surface area contributed by atoms with Crippen molar-refractivity contribution < 1.29 is 8.42 Å². The standard InChI is InChI=1S/C9H13IN2O4S/c1-2-4-17(15,16)5-3-12-6-7(10)8(13)11-9(12)14/h6H,2-5H2,1H3,(H,11,13,14). The molecule has 1 aromatic heterocycles. The highest BCUT2D eigenvalue weighted by molar-refractivity contribution is 14.1. The summed E-state index contributed by atoms with van der Waals surface area (Å²) in [6, 6.07) is 0. The summed E-state index contributed by atoms with van der Waals surface area (Å²) in [5.41, 5.74) is -1.04. The van der Waals surface area contributed by atoms with E-state index in [9.17, 15) is 18.0 Å². The molecule has 0 radical (unpaired) electrons. The number of rotatable bonds is 5. The van der Waals surface area contributed by atoms with Crippen LogP contribution in [-0.4, -0.2) is 29.5 Å². The molecule has 0 bridgehead atoms. The lowest BCUT2D eigenvalue weighted by atomic mass is 10.6. The Hall–Kier alpha value is -0.640. The molecule has 1 aromatic rings. The summed E-state index contributed by atoms with van der Waals surface area (Å²) in [6.07, 6.45) is 1.92. The van der Waals surface area contributed by atoms with Crippen LogP contribution in [0.2, 0.25) is 0 Å². The largest absolute Gasteiger partial charge is 0.328 e. The first-order valence-corrected chi connectivity index (χ1v) is 7.95. The number of hydrogen-bond acceptors (Lipinski definition) is 4. The number of halogens is 1. The molecular formula is C9H13IN2O4S. The maximum absolute atomic E-state index is 11.5. The smallest absolute Gasteiger partial charge is 0.299 e. The van der Waals surface area contributed by atoms with Crippen LogP contribution >= 0.6 is 22.6 Å². The first kappa shape index (κ1) is 14.4. The van der Waals surface area contributed by atoms with E-state index in [2.05, 4.69) is 4.98 Å². The van der Waals surface area contributed by atoms with Crippen molar-refractivity contribution >= 4 is 32.4 Å². The van der Waals surface area contributed by atoms with Gasteiger partial charge in [0, 0.05) is 18.5 Å². The Kier molecular flexibility index (Phi) is 4.92. The van der Waals surface area contributed by atoms with Crippen LogP contribution in [0.3, 0.4) is 0 Å². The summed E-state index contributed by atoms with van der Waals surface area (Å²) >= 11 is 1.79. The summed E-state index contributed by atoms with van der Waals surface area (Å²) < 4.78 is 24.5. The van der Waals surface area contributed by atoms with Crippen molar-refractivity contribution in [3.05, 3.63) is 30.6 Å². The third-order valence-corrected chi connectivity index (χ3v) is 4.73. The number of aromatic nitrogens is 2. The second-order valence-electron chi connectivity index (χ2n) is 3.58. The number of aryl methyl sites for hydroxylation is 1. The van der Waals surface area contributed by atoms with Crippen LogP contribution in [0.15, 0.2) is 15.8 Å². The minimum atomic E-state index is -3.12. The molecule has 1 N–H and O–H groups in total. The van der Waals surface area contributed by atoms with Crippen molar-refractivity contribution in [3.63, 3.8) is 0 Å². The van der Waals surface area contributed by atoms with E-state index in [4.69, 9.17) is 0 Å². The van der Waals surface area contributed by atoms with Gasteiger partial charge in [-0.25, -0.2) is 13.2 Å². The minimum absolute atomic E-state index is 0.0634. The number of nitrogens with zero attached hydrogens (tertiary/aromatic N) is 1. The van der Waals surface area contributed by atoms with Gasteiger partial charge in [-0.15, -0.1) is 0 Å². The van der Waals surface area contributed by atoms with Gasteiger partial charge in [-0.1, -0.05) is 6.92 Å². The van der Waals surface area contributed by atoms with E-state index in [0.29, 0.717) is 9.99 Å². The number of sulfone groups is 1. The summed E-state index contributed by atoms with van der Waals surface area (Å²) in [5.74, 6) is 0.0189. The van der Waals surface area contributed by atoms with Crippen molar-refractivity contribution in [2.45, 2.75) is 19.9 Å². The molecule has 0 saturated carbocycles. The Labute approximate surface area is 112 Å². The van der Waals surface area contributed by atoms with E-state index >= 15 is 0 Å². The first-order chi connectivity index (χ1) is 7.85. The average Bonchev–Trinajstić information content (AvgIpc) is 2.21. The molecule has 0 atom stereocenters. The topological polar surface area (TPSA) is 89.0 Å². The van der Waals surface area contributed by atoms with Crippen LogP contribution in [0.1, 0.15) is 13.3 Å². The van der Waals surface area contributed by atoms with Gasteiger partial charge in [0.25, 0.3) is 5.56 Å². The zero-order valence-electron chi connectivity index (χ0n) is 9.27. The zero-order valence-corrected chi connectivity index (χ0v) is 12.2. The van der Waals surface area contributed by atoms with Gasteiger partial charge in [-0.2, -0.15) is 0 Å². The van der Waals surface area contributed by atoms with Crippen LogP contribution in [0.4, 0.5) is 0 Å². The zero-order chi connectivity index (χ0) is 13.1. The molecule has 0 aliphatic heterocycles. The third kappa shape index (κ3) is 4.26. The lowest BCUT2D eigenvalue weighted by Gasteiger charge is -2.05. The van der Waals surface area contributed by atoms with Crippen LogP contribution in [-0.2, 0) is 16.4 Å². The fourth-order valence-corrected chi connectivity index (χ4v) is 3.07. The van der Waals surface area contributed by atoms with E-state index in [1.807, 2.05) is 0 Å². The van der Waals surface area contributed by atoms with Crippen molar-refractivity contribution in [1.82, 2.24) is 9.55 Å². The van der Waals surface area contributed by atoms with E-state index in [-0.39, 0.29) is 18.1 Å². The molecule has 17 heavy (non-hydrogen) atoms. The predicted octanol–water partition coefficient (Wildman–Crippen LogP) is -0.0340. The van der Waals surface area contributed by atoms with Crippen molar-refractivity contribution in [2.24, 2.45) is 0 Å². The fourth-order valence-electron chi connectivity index (χ4n) is 1.30. The monoisotopic (exact) mass is 372 g/mol. The van der Waals surface area contributed by atoms with Gasteiger partial charge >= 0.3 is 5.69 Å². The summed E-state index contributed by atoms with van der Waals surface area (Å²) in [7, 11) is -3.12. The van der Waals surface area contributed by atoms with Crippen LogP contribution in [0.25, 0.3) is 0 Å². The van der Waals surface area contributed by atoms with E-state index in [1.165, 1.54) is 10.8 Å². The normalized spacial score (nSPS) is 11.6. The molecule has 0 aromatic carbocycles. The second kappa shape index (κ2) is 5.80. The highest BCUT2D eigenvalue weighted by Crippen LogP contribution is 1.97. The molecule has 8 heteroatoms. The number of H-pyrrole nitrogens is 1. The lowest BCUT2D eigenvalue weighted by Crippen LogP contribution is -2.32. The highest BCUT2D eigenvalue weighted by atomic mass is 127.